The van der Waals surface area contributed by atoms with E-state index in [0.717, 1.165) is 5.69 Å². The molecule has 3 heterocycles. The van der Waals surface area contributed by atoms with Gasteiger partial charge in [-0.3, -0.25) is 9.48 Å². The number of nitrogens with zero attached hydrogens (tertiary/aromatic N) is 3. The molecule has 0 aliphatic heterocycles. The van der Waals surface area contributed by atoms with Crippen LogP contribution in [0.2, 0.25) is 0 Å². The van der Waals surface area contributed by atoms with Gasteiger partial charge in [-0.2, -0.15) is 5.10 Å². The Morgan fingerprint density at radius 3 is 3.15 bits per heavy atom. The predicted molar refractivity (Wildman–Crippen MR) is 69.8 cm³/mol. The number of H-pyrrole nitrogens is 1. The molecule has 102 valence electrons. The maximum Gasteiger partial charge on any atom is 0.287 e. The first-order chi connectivity index (χ1) is 9.81. The van der Waals surface area contributed by atoms with Crippen molar-refractivity contribution in [1.29, 1.82) is 0 Å². The summed E-state index contributed by atoms with van der Waals surface area (Å²) >= 11 is 0. The van der Waals surface area contributed by atoms with Crippen LogP contribution in [-0.4, -0.2) is 25.7 Å². The molecule has 0 atom stereocenters. The molecule has 0 aromatic carbocycles. The first kappa shape index (κ1) is 12.2. The monoisotopic (exact) mass is 271 g/mol. The molecule has 20 heavy (non-hydrogen) atoms. The summed E-state index contributed by atoms with van der Waals surface area (Å²) < 4.78 is 7.22. The molecule has 7 heteroatoms. The Hall–Kier alpha value is -2.83. The van der Waals surface area contributed by atoms with Gasteiger partial charge in [0.1, 0.15) is 5.76 Å². The van der Waals surface area contributed by atoms with Gasteiger partial charge in [-0.1, -0.05) is 0 Å². The molecule has 0 radical (unpaired) electrons. The average molecular weight is 271 g/mol. The molecule has 0 bridgehead atoms. The molecule has 3 aromatic rings. The Balaban J connectivity index is 1.59. The minimum absolute atomic E-state index is 0.258. The van der Waals surface area contributed by atoms with Crippen molar-refractivity contribution in [1.82, 2.24) is 25.1 Å². The van der Waals surface area contributed by atoms with Gasteiger partial charge >= 0.3 is 0 Å². The molecular weight excluding hydrogens is 258 g/mol. The fourth-order valence-corrected chi connectivity index (χ4v) is 1.78. The Morgan fingerprint density at radius 1 is 1.45 bits per heavy atom. The maximum absolute atomic E-state index is 11.9. The number of aromatic amines is 1. The second kappa shape index (κ2) is 5.43. The third-order valence-electron chi connectivity index (χ3n) is 2.76. The van der Waals surface area contributed by atoms with Crippen molar-refractivity contribution in [2.24, 2.45) is 0 Å². The molecule has 3 rings (SSSR count). The summed E-state index contributed by atoms with van der Waals surface area (Å²) in [4.78, 5) is 18.7. The van der Waals surface area contributed by atoms with E-state index < -0.39 is 0 Å². The Bertz CT molecular complexity index is 670. The van der Waals surface area contributed by atoms with Gasteiger partial charge in [-0.15, -0.1) is 0 Å². The topological polar surface area (TPSA) is 88.7 Å². The minimum Gasteiger partial charge on any atom is -0.454 e. The van der Waals surface area contributed by atoms with Gasteiger partial charge in [-0.05, 0) is 18.2 Å². The van der Waals surface area contributed by atoms with E-state index in [4.69, 9.17) is 4.42 Å². The third-order valence-corrected chi connectivity index (χ3v) is 2.76. The first-order valence-electron chi connectivity index (χ1n) is 6.13. The highest BCUT2D eigenvalue weighted by molar-refractivity contribution is 5.91. The fraction of sp³-hybridized carbons (Fsp3) is 0.154. The molecule has 0 aliphatic rings. The van der Waals surface area contributed by atoms with Gasteiger partial charge in [0.2, 0.25) is 0 Å². The fourth-order valence-electron chi connectivity index (χ4n) is 1.78. The normalized spacial score (nSPS) is 10.6. The molecule has 0 unspecified atom stereocenters. The zero-order valence-corrected chi connectivity index (χ0v) is 10.6. The lowest BCUT2D eigenvalue weighted by atomic mass is 10.4. The summed E-state index contributed by atoms with van der Waals surface area (Å²) in [6, 6.07) is 5.26. The zero-order valence-electron chi connectivity index (χ0n) is 10.6. The lowest BCUT2D eigenvalue weighted by Crippen LogP contribution is -2.22. The van der Waals surface area contributed by atoms with Crippen LogP contribution in [0, 0.1) is 0 Å². The van der Waals surface area contributed by atoms with Crippen LogP contribution >= 0.6 is 0 Å². The number of aromatic nitrogens is 4. The van der Waals surface area contributed by atoms with E-state index >= 15 is 0 Å². The number of nitrogens with one attached hydrogen (secondary N) is 2. The summed E-state index contributed by atoms with van der Waals surface area (Å²) in [6.45, 7) is 0.884. The van der Waals surface area contributed by atoms with Gasteiger partial charge in [0.15, 0.2) is 5.76 Å². The van der Waals surface area contributed by atoms with Crippen molar-refractivity contribution in [3.8, 4) is 0 Å². The van der Waals surface area contributed by atoms with Gasteiger partial charge in [0.25, 0.3) is 5.91 Å². The number of carbonyl (C=O) groups is 1. The molecule has 0 saturated heterocycles. The molecule has 2 N–H and O–H groups in total. The van der Waals surface area contributed by atoms with E-state index in [1.54, 1.807) is 35.5 Å². The number of carbonyl (C=O) groups excluding carboxylic acids is 1. The van der Waals surface area contributed by atoms with E-state index in [9.17, 15) is 4.79 Å². The van der Waals surface area contributed by atoms with Crippen LogP contribution < -0.4 is 5.32 Å². The largest absolute Gasteiger partial charge is 0.454 e. The summed E-state index contributed by atoms with van der Waals surface area (Å²) in [5.41, 5.74) is 0.835. The number of amides is 1. The van der Waals surface area contributed by atoms with Crippen molar-refractivity contribution in [2.75, 3.05) is 0 Å². The molecule has 7 nitrogen and oxygen atoms in total. The van der Waals surface area contributed by atoms with E-state index in [-0.39, 0.29) is 11.7 Å². The standard InChI is InChI=1S/C13H13N5O2/c19-13(15-7-10-6-14-9-16-10)12-3-2-11(20-12)8-18-5-1-4-17-18/h1-6,9H,7-8H2,(H,14,16)(H,15,19). The molecule has 0 fully saturated rings. The second-order valence-electron chi connectivity index (χ2n) is 4.23. The summed E-state index contributed by atoms with van der Waals surface area (Å²) in [5.74, 6) is 0.707. The van der Waals surface area contributed by atoms with Crippen LogP contribution in [0.4, 0.5) is 0 Å². The van der Waals surface area contributed by atoms with Crippen molar-refractivity contribution >= 4 is 5.91 Å². The van der Waals surface area contributed by atoms with Gasteiger partial charge < -0.3 is 14.7 Å². The van der Waals surface area contributed by atoms with Gasteiger partial charge in [0.05, 0.1) is 25.1 Å². The number of rotatable bonds is 5. The maximum atomic E-state index is 11.9. The van der Waals surface area contributed by atoms with Crippen LogP contribution in [0.1, 0.15) is 22.0 Å². The van der Waals surface area contributed by atoms with Crippen molar-refractivity contribution in [3.63, 3.8) is 0 Å². The number of hydrogen-bond donors (Lipinski definition) is 2. The lowest BCUT2D eigenvalue weighted by Gasteiger charge is -2.01. The molecular formula is C13H13N5O2. The number of hydrogen-bond acceptors (Lipinski definition) is 4. The Kier molecular flexibility index (Phi) is 3.32. The second-order valence-corrected chi connectivity index (χ2v) is 4.23. The number of furan rings is 1. The van der Waals surface area contributed by atoms with Gasteiger partial charge in [-0.25, -0.2) is 4.98 Å². The average Bonchev–Trinajstić information content (AvgIpc) is 3.19. The molecule has 0 aliphatic carbocycles. The van der Waals surface area contributed by atoms with Crippen LogP contribution in [0.3, 0.4) is 0 Å². The molecule has 0 saturated carbocycles. The molecule has 0 spiro atoms. The van der Waals surface area contributed by atoms with Crippen LogP contribution in [0.5, 0.6) is 0 Å². The summed E-state index contributed by atoms with van der Waals surface area (Å²) in [7, 11) is 0. The first-order valence-corrected chi connectivity index (χ1v) is 6.13. The Morgan fingerprint density at radius 2 is 2.40 bits per heavy atom. The van der Waals surface area contributed by atoms with Crippen molar-refractivity contribution < 1.29 is 9.21 Å². The Labute approximate surface area is 114 Å². The smallest absolute Gasteiger partial charge is 0.287 e. The summed E-state index contributed by atoms with van der Waals surface area (Å²) in [6.07, 6.45) is 6.75. The minimum atomic E-state index is -0.258. The van der Waals surface area contributed by atoms with Crippen molar-refractivity contribution in [3.05, 3.63) is 60.3 Å². The van der Waals surface area contributed by atoms with E-state index in [0.29, 0.717) is 18.8 Å². The van der Waals surface area contributed by atoms with E-state index in [1.165, 1.54) is 0 Å². The highest BCUT2D eigenvalue weighted by Crippen LogP contribution is 2.09. The molecule has 3 aromatic heterocycles. The van der Waals surface area contributed by atoms with Crippen LogP contribution in [-0.2, 0) is 13.1 Å². The number of imidazole rings is 1. The van der Waals surface area contributed by atoms with Crippen LogP contribution in [0.25, 0.3) is 0 Å². The highest BCUT2D eigenvalue weighted by Gasteiger charge is 2.11. The summed E-state index contributed by atoms with van der Waals surface area (Å²) in [5, 5.41) is 6.83. The molecule has 1 amide bonds. The highest BCUT2D eigenvalue weighted by atomic mass is 16.4. The SMILES string of the molecule is O=C(NCc1cnc[nH]1)c1ccc(Cn2cccn2)o1. The quantitative estimate of drug-likeness (QED) is 0.729. The third kappa shape index (κ3) is 2.77. The lowest BCUT2D eigenvalue weighted by molar-refractivity contribution is 0.0920. The van der Waals surface area contributed by atoms with Crippen molar-refractivity contribution in [2.45, 2.75) is 13.1 Å². The van der Waals surface area contributed by atoms with E-state index in [1.807, 2.05) is 12.3 Å². The predicted octanol–water partition coefficient (Wildman–Crippen LogP) is 1.18. The zero-order chi connectivity index (χ0) is 13.8. The van der Waals surface area contributed by atoms with Crippen LogP contribution in [0.15, 0.2) is 47.5 Å². The van der Waals surface area contributed by atoms with E-state index in [2.05, 4.69) is 20.4 Å². The van der Waals surface area contributed by atoms with Gasteiger partial charge in [0, 0.05) is 18.6 Å².